The van der Waals surface area contributed by atoms with Crippen LogP contribution in [0.3, 0.4) is 0 Å². The van der Waals surface area contributed by atoms with Crippen LogP contribution in [-0.2, 0) is 14.3 Å². The largest absolute Gasteiger partial charge is 0.479 e. The monoisotopic (exact) mass is 203 g/mol. The molecule has 2 N–H and O–H groups in total. The number of ether oxygens (including phenoxy) is 1. The van der Waals surface area contributed by atoms with Gasteiger partial charge in [0.15, 0.2) is 6.10 Å². The Labute approximate surface area is 83.4 Å². The molecule has 0 saturated carbocycles. The quantitative estimate of drug-likeness (QED) is 0.654. The highest BCUT2D eigenvalue weighted by molar-refractivity contribution is 5.78. The summed E-state index contributed by atoms with van der Waals surface area (Å²) in [5.74, 6) is -1.35. The summed E-state index contributed by atoms with van der Waals surface area (Å²) in [4.78, 5) is 21.4. The van der Waals surface area contributed by atoms with Crippen molar-refractivity contribution < 1.29 is 19.4 Å². The van der Waals surface area contributed by atoms with Gasteiger partial charge in [-0.1, -0.05) is 6.92 Å². The molecule has 1 amide bonds. The summed E-state index contributed by atoms with van der Waals surface area (Å²) >= 11 is 0. The van der Waals surface area contributed by atoms with Crippen molar-refractivity contribution in [2.24, 2.45) is 0 Å². The van der Waals surface area contributed by atoms with Crippen molar-refractivity contribution in [1.29, 1.82) is 0 Å². The van der Waals surface area contributed by atoms with Crippen molar-refractivity contribution in [1.82, 2.24) is 5.32 Å². The van der Waals surface area contributed by atoms with Crippen LogP contribution in [0.5, 0.6) is 0 Å². The molecule has 0 rings (SSSR count). The number of carboxylic acid groups (broad SMARTS) is 1. The van der Waals surface area contributed by atoms with Gasteiger partial charge in [-0.25, -0.2) is 4.79 Å². The van der Waals surface area contributed by atoms with E-state index in [9.17, 15) is 9.59 Å². The Hall–Kier alpha value is -1.10. The zero-order chi connectivity index (χ0) is 11.1. The lowest BCUT2D eigenvalue weighted by atomic mass is 10.2. The number of hydrogen-bond acceptors (Lipinski definition) is 3. The standard InChI is InChI=1S/C9H17NO4/c1-4-6(2)10-8(11)5-14-7(3)9(12)13/h6-7H,4-5H2,1-3H3,(H,10,11)(H,12,13)/t6?,7-/m1/s1. The first-order valence-corrected chi connectivity index (χ1v) is 4.61. The van der Waals surface area contributed by atoms with Crippen LogP contribution < -0.4 is 5.32 Å². The lowest BCUT2D eigenvalue weighted by Crippen LogP contribution is -2.36. The zero-order valence-electron chi connectivity index (χ0n) is 8.74. The van der Waals surface area contributed by atoms with Gasteiger partial charge in [0.25, 0.3) is 0 Å². The van der Waals surface area contributed by atoms with Crippen molar-refractivity contribution in [3.05, 3.63) is 0 Å². The summed E-state index contributed by atoms with van der Waals surface area (Å²) in [6.07, 6.45) is -0.113. The molecule has 0 aliphatic rings. The molecule has 5 nitrogen and oxygen atoms in total. The number of carbonyl (C=O) groups is 2. The van der Waals surface area contributed by atoms with Crippen LogP contribution in [0.2, 0.25) is 0 Å². The molecule has 0 fully saturated rings. The third kappa shape index (κ3) is 5.53. The second-order valence-corrected chi connectivity index (χ2v) is 3.17. The highest BCUT2D eigenvalue weighted by Gasteiger charge is 2.13. The minimum absolute atomic E-state index is 0.0891. The van der Waals surface area contributed by atoms with Gasteiger partial charge in [-0.2, -0.15) is 0 Å². The molecule has 0 radical (unpaired) electrons. The summed E-state index contributed by atoms with van der Waals surface area (Å²) in [6, 6.07) is 0.0891. The molecule has 82 valence electrons. The summed E-state index contributed by atoms with van der Waals surface area (Å²) < 4.78 is 4.80. The lowest BCUT2D eigenvalue weighted by molar-refractivity contribution is -0.150. The average molecular weight is 203 g/mol. The van der Waals surface area contributed by atoms with Crippen LogP contribution in [-0.4, -0.2) is 35.7 Å². The van der Waals surface area contributed by atoms with E-state index < -0.39 is 12.1 Å². The maximum atomic E-state index is 11.1. The SMILES string of the molecule is CCC(C)NC(=O)CO[C@H](C)C(=O)O. The van der Waals surface area contributed by atoms with Gasteiger partial charge in [-0.15, -0.1) is 0 Å². The van der Waals surface area contributed by atoms with E-state index in [1.54, 1.807) is 0 Å². The van der Waals surface area contributed by atoms with E-state index in [1.165, 1.54) is 6.92 Å². The molecule has 1 unspecified atom stereocenters. The average Bonchev–Trinajstić information content (AvgIpc) is 2.13. The fourth-order valence-electron chi connectivity index (χ4n) is 0.691. The van der Waals surface area contributed by atoms with Crippen molar-refractivity contribution in [2.75, 3.05) is 6.61 Å². The van der Waals surface area contributed by atoms with E-state index in [0.29, 0.717) is 0 Å². The van der Waals surface area contributed by atoms with Crippen LogP contribution >= 0.6 is 0 Å². The minimum atomic E-state index is -1.07. The van der Waals surface area contributed by atoms with Gasteiger partial charge in [0, 0.05) is 6.04 Å². The van der Waals surface area contributed by atoms with E-state index >= 15 is 0 Å². The third-order valence-electron chi connectivity index (χ3n) is 1.83. The lowest BCUT2D eigenvalue weighted by Gasteiger charge is -2.12. The molecule has 0 aromatic carbocycles. The van der Waals surface area contributed by atoms with Crippen molar-refractivity contribution in [2.45, 2.75) is 39.3 Å². The van der Waals surface area contributed by atoms with Crippen LogP contribution in [0.1, 0.15) is 27.2 Å². The molecule has 0 bridgehead atoms. The Bertz CT molecular complexity index is 205. The smallest absolute Gasteiger partial charge is 0.332 e. The Morgan fingerprint density at radius 2 is 2.00 bits per heavy atom. The summed E-state index contributed by atoms with van der Waals surface area (Å²) in [5, 5.41) is 11.1. The summed E-state index contributed by atoms with van der Waals surface area (Å²) in [5.41, 5.74) is 0. The minimum Gasteiger partial charge on any atom is -0.479 e. The van der Waals surface area contributed by atoms with Gasteiger partial charge in [0.05, 0.1) is 0 Å². The Kier molecular flexibility index (Phi) is 5.87. The fraction of sp³-hybridized carbons (Fsp3) is 0.778. The van der Waals surface area contributed by atoms with Crippen LogP contribution in [0.15, 0.2) is 0 Å². The second kappa shape index (κ2) is 6.37. The first-order valence-electron chi connectivity index (χ1n) is 4.61. The highest BCUT2D eigenvalue weighted by atomic mass is 16.5. The van der Waals surface area contributed by atoms with E-state index in [2.05, 4.69) is 5.32 Å². The molecule has 0 aliphatic carbocycles. The zero-order valence-corrected chi connectivity index (χ0v) is 8.74. The van der Waals surface area contributed by atoms with E-state index in [1.807, 2.05) is 13.8 Å². The number of rotatable bonds is 6. The van der Waals surface area contributed by atoms with Crippen LogP contribution in [0, 0.1) is 0 Å². The number of nitrogens with one attached hydrogen (secondary N) is 1. The van der Waals surface area contributed by atoms with E-state index in [0.717, 1.165) is 6.42 Å². The Balaban J connectivity index is 3.69. The maximum Gasteiger partial charge on any atom is 0.332 e. The molecule has 0 aromatic rings. The number of hydrogen-bond donors (Lipinski definition) is 2. The van der Waals surface area contributed by atoms with Gasteiger partial charge in [0.2, 0.25) is 5.91 Å². The molecule has 0 aliphatic heterocycles. The van der Waals surface area contributed by atoms with E-state index in [4.69, 9.17) is 9.84 Å². The van der Waals surface area contributed by atoms with Gasteiger partial charge >= 0.3 is 5.97 Å². The van der Waals surface area contributed by atoms with Gasteiger partial charge in [0.1, 0.15) is 6.61 Å². The normalized spacial score (nSPS) is 14.5. The highest BCUT2D eigenvalue weighted by Crippen LogP contribution is 1.92. The van der Waals surface area contributed by atoms with Crippen LogP contribution in [0.25, 0.3) is 0 Å². The van der Waals surface area contributed by atoms with Crippen molar-refractivity contribution >= 4 is 11.9 Å². The predicted molar refractivity (Wildman–Crippen MR) is 50.9 cm³/mol. The topological polar surface area (TPSA) is 75.6 Å². The first kappa shape index (κ1) is 12.9. The fourth-order valence-corrected chi connectivity index (χ4v) is 0.691. The van der Waals surface area contributed by atoms with Crippen molar-refractivity contribution in [3.8, 4) is 0 Å². The first-order chi connectivity index (χ1) is 6.47. The van der Waals surface area contributed by atoms with Crippen LogP contribution in [0.4, 0.5) is 0 Å². The maximum absolute atomic E-state index is 11.1. The predicted octanol–water partition coefficient (Wildman–Crippen LogP) is 0.391. The summed E-state index contributed by atoms with van der Waals surface area (Å²) in [7, 11) is 0. The number of aliphatic carboxylic acids is 1. The molecular formula is C9H17NO4. The molecule has 5 heteroatoms. The Morgan fingerprint density at radius 1 is 1.43 bits per heavy atom. The molecule has 0 spiro atoms. The number of carbonyl (C=O) groups excluding carboxylic acids is 1. The Morgan fingerprint density at radius 3 is 2.43 bits per heavy atom. The van der Waals surface area contributed by atoms with Gasteiger partial charge < -0.3 is 15.2 Å². The van der Waals surface area contributed by atoms with Crippen molar-refractivity contribution in [3.63, 3.8) is 0 Å². The molecule has 0 saturated heterocycles. The number of carboxylic acids is 1. The molecular weight excluding hydrogens is 186 g/mol. The van der Waals surface area contributed by atoms with Gasteiger partial charge in [-0.05, 0) is 20.3 Å². The van der Waals surface area contributed by atoms with Gasteiger partial charge in [-0.3, -0.25) is 4.79 Å². The molecule has 0 heterocycles. The second-order valence-electron chi connectivity index (χ2n) is 3.17. The van der Waals surface area contributed by atoms with E-state index in [-0.39, 0.29) is 18.6 Å². The molecule has 0 aromatic heterocycles. The molecule has 14 heavy (non-hydrogen) atoms. The molecule has 2 atom stereocenters. The summed E-state index contributed by atoms with van der Waals surface area (Å²) in [6.45, 7) is 5.00. The number of amides is 1. The third-order valence-corrected chi connectivity index (χ3v) is 1.83.